The Hall–Kier alpha value is -1.66. The van der Waals surface area contributed by atoms with Crippen molar-refractivity contribution in [2.45, 2.75) is 48.3 Å². The molecule has 0 radical (unpaired) electrons. The molecule has 5 heteroatoms. The molecule has 2 aliphatic heterocycles. The smallest absolute Gasteiger partial charge is 0.0529 e. The summed E-state index contributed by atoms with van der Waals surface area (Å²) in [6, 6.07) is 15.5. The van der Waals surface area contributed by atoms with Gasteiger partial charge in [0.05, 0.1) is 5.69 Å². The maximum Gasteiger partial charge on any atom is 0.0529 e. The highest BCUT2D eigenvalue weighted by Crippen LogP contribution is 2.45. The van der Waals surface area contributed by atoms with E-state index in [1.54, 1.807) is 11.9 Å². The van der Waals surface area contributed by atoms with E-state index in [9.17, 15) is 0 Å². The molecule has 2 aromatic carbocycles. The highest BCUT2D eigenvalue weighted by Gasteiger charge is 2.21. The number of hydrogen-bond donors (Lipinski definition) is 2. The molecule has 1 fully saturated rings. The van der Waals surface area contributed by atoms with Crippen molar-refractivity contribution < 1.29 is 4.74 Å². The number of nitrogens with one attached hydrogen (secondary N) is 2. The van der Waals surface area contributed by atoms with E-state index < -0.39 is 0 Å². The number of benzene rings is 2. The molecule has 0 bridgehead atoms. The van der Waals surface area contributed by atoms with Gasteiger partial charge in [0.1, 0.15) is 0 Å². The molecule has 1 aliphatic carbocycles. The first-order valence-corrected chi connectivity index (χ1v) is 13.0. The highest BCUT2D eigenvalue weighted by atomic mass is 32.2. The van der Waals surface area contributed by atoms with Crippen molar-refractivity contribution in [3.8, 4) is 0 Å². The van der Waals surface area contributed by atoms with Crippen LogP contribution in [0.4, 0.5) is 5.69 Å². The molecule has 31 heavy (non-hydrogen) atoms. The molecule has 5 rings (SSSR count). The summed E-state index contributed by atoms with van der Waals surface area (Å²) in [6.45, 7) is 7.25. The van der Waals surface area contributed by atoms with Crippen molar-refractivity contribution >= 4 is 35.0 Å². The van der Waals surface area contributed by atoms with Crippen LogP contribution in [0.15, 0.2) is 69.4 Å². The standard InChI is InChI=1S/C26H30N2OS2/c1-18(20-6-9-22(10-7-20)31-27-17-19-12-14-29-15-13-19)21-8-11-26-24(16-21)28-23-4-2-3-5-25(23)30-26/h6-11,16,19,27-28H,1-5,12-15,17H2. The number of hydrogen-bond acceptors (Lipinski definition) is 5. The minimum Gasteiger partial charge on any atom is -0.381 e. The summed E-state index contributed by atoms with van der Waals surface area (Å²) in [5.41, 5.74) is 6.10. The van der Waals surface area contributed by atoms with Crippen LogP contribution < -0.4 is 10.0 Å². The van der Waals surface area contributed by atoms with Gasteiger partial charge in [0.15, 0.2) is 0 Å². The van der Waals surface area contributed by atoms with Crippen molar-refractivity contribution in [1.82, 2.24) is 4.72 Å². The average molecular weight is 451 g/mol. The van der Waals surface area contributed by atoms with Gasteiger partial charge in [-0.3, -0.25) is 4.72 Å². The summed E-state index contributed by atoms with van der Waals surface area (Å²) in [7, 11) is 0. The fraction of sp³-hybridized carbons (Fsp3) is 0.385. The lowest BCUT2D eigenvalue weighted by Gasteiger charge is -2.28. The fourth-order valence-electron chi connectivity index (χ4n) is 4.41. The molecule has 3 aliphatic rings. The number of ether oxygens (including phenoxy) is 1. The van der Waals surface area contributed by atoms with Crippen molar-refractivity contribution in [3.05, 3.63) is 70.8 Å². The normalized spacial score (nSPS) is 18.8. The Morgan fingerprint density at radius 1 is 1.06 bits per heavy atom. The summed E-state index contributed by atoms with van der Waals surface area (Å²) in [4.78, 5) is 4.10. The molecule has 2 N–H and O–H groups in total. The van der Waals surface area contributed by atoms with Gasteiger partial charge in [-0.2, -0.15) is 0 Å². The lowest BCUT2D eigenvalue weighted by molar-refractivity contribution is 0.0680. The molecule has 0 aromatic heterocycles. The number of rotatable bonds is 6. The van der Waals surface area contributed by atoms with Gasteiger partial charge in [-0.1, -0.05) is 36.5 Å². The Labute approximate surface area is 194 Å². The van der Waals surface area contributed by atoms with E-state index in [0.29, 0.717) is 0 Å². The summed E-state index contributed by atoms with van der Waals surface area (Å²) in [5.74, 6) is 0.733. The van der Waals surface area contributed by atoms with Crippen LogP contribution in [-0.4, -0.2) is 19.8 Å². The average Bonchev–Trinajstić information content (AvgIpc) is 2.83. The molecule has 3 nitrogen and oxygen atoms in total. The third-order valence-electron chi connectivity index (χ3n) is 6.37. The molecule has 2 aromatic rings. The number of anilines is 1. The van der Waals surface area contributed by atoms with E-state index in [0.717, 1.165) is 31.2 Å². The van der Waals surface area contributed by atoms with Gasteiger partial charge in [-0.15, -0.1) is 0 Å². The summed E-state index contributed by atoms with van der Waals surface area (Å²) in [5, 5.41) is 3.70. The van der Waals surface area contributed by atoms with Crippen LogP contribution in [0, 0.1) is 5.92 Å². The monoisotopic (exact) mass is 450 g/mol. The van der Waals surface area contributed by atoms with Crippen LogP contribution in [0.3, 0.4) is 0 Å². The maximum atomic E-state index is 5.44. The Balaban J connectivity index is 1.21. The van der Waals surface area contributed by atoms with Crippen LogP contribution >= 0.6 is 23.7 Å². The second-order valence-electron chi connectivity index (χ2n) is 8.56. The minimum absolute atomic E-state index is 0.733. The molecule has 2 heterocycles. The van der Waals surface area contributed by atoms with Crippen molar-refractivity contribution in [3.63, 3.8) is 0 Å². The van der Waals surface area contributed by atoms with Crippen LogP contribution in [0.1, 0.15) is 49.7 Å². The summed E-state index contributed by atoms with van der Waals surface area (Å²) >= 11 is 3.67. The van der Waals surface area contributed by atoms with Gasteiger partial charge in [-0.25, -0.2) is 0 Å². The van der Waals surface area contributed by atoms with E-state index in [-0.39, 0.29) is 0 Å². The molecule has 0 saturated carbocycles. The van der Waals surface area contributed by atoms with E-state index in [1.807, 2.05) is 11.8 Å². The minimum atomic E-state index is 0.733. The van der Waals surface area contributed by atoms with Gasteiger partial charge in [0.2, 0.25) is 0 Å². The van der Waals surface area contributed by atoms with Gasteiger partial charge in [0, 0.05) is 40.2 Å². The van der Waals surface area contributed by atoms with Crippen molar-refractivity contribution in [2.24, 2.45) is 5.92 Å². The van der Waals surface area contributed by atoms with Crippen LogP contribution in [0.25, 0.3) is 5.57 Å². The van der Waals surface area contributed by atoms with Crippen LogP contribution in [0.2, 0.25) is 0 Å². The largest absolute Gasteiger partial charge is 0.381 e. The molecule has 0 atom stereocenters. The fourth-order valence-corrected chi connectivity index (χ4v) is 6.31. The SMILES string of the molecule is C=C(c1ccc(SNCC2CCOCC2)cc1)c1ccc2c(c1)NC1=C(CCCC1)S2. The first-order valence-electron chi connectivity index (χ1n) is 11.3. The van der Waals surface area contributed by atoms with Gasteiger partial charge >= 0.3 is 0 Å². The topological polar surface area (TPSA) is 33.3 Å². The first-order chi connectivity index (χ1) is 15.3. The predicted molar refractivity (Wildman–Crippen MR) is 133 cm³/mol. The van der Waals surface area contributed by atoms with Crippen LogP contribution in [0.5, 0.6) is 0 Å². The zero-order valence-corrected chi connectivity index (χ0v) is 19.5. The Morgan fingerprint density at radius 3 is 2.68 bits per heavy atom. The zero-order chi connectivity index (χ0) is 21.0. The Bertz CT molecular complexity index is 977. The number of allylic oxidation sites excluding steroid dienone is 2. The zero-order valence-electron chi connectivity index (χ0n) is 17.9. The van der Waals surface area contributed by atoms with Crippen molar-refractivity contribution in [2.75, 3.05) is 25.1 Å². The third-order valence-corrected chi connectivity index (χ3v) is 8.46. The Morgan fingerprint density at radius 2 is 1.84 bits per heavy atom. The molecular weight excluding hydrogens is 420 g/mol. The molecule has 1 saturated heterocycles. The molecule has 162 valence electrons. The second-order valence-corrected chi connectivity index (χ2v) is 10.7. The van der Waals surface area contributed by atoms with Gasteiger partial charge < -0.3 is 10.1 Å². The third kappa shape index (κ3) is 5.06. The van der Waals surface area contributed by atoms with E-state index >= 15 is 0 Å². The second kappa shape index (κ2) is 9.86. The predicted octanol–water partition coefficient (Wildman–Crippen LogP) is 7.07. The number of fused-ring (bicyclic) bond motifs is 1. The number of thioether (sulfide) groups is 1. The Kier molecular flexibility index (Phi) is 6.75. The molecule has 0 amide bonds. The van der Waals surface area contributed by atoms with Gasteiger partial charge in [-0.05, 0) is 97.4 Å². The molecule has 0 unspecified atom stereocenters. The molecule has 0 spiro atoms. The summed E-state index contributed by atoms with van der Waals surface area (Å²) in [6.07, 6.45) is 7.33. The lowest BCUT2D eigenvalue weighted by atomic mass is 9.98. The van der Waals surface area contributed by atoms with Gasteiger partial charge in [0.25, 0.3) is 0 Å². The van der Waals surface area contributed by atoms with E-state index in [1.165, 1.54) is 75.7 Å². The van der Waals surface area contributed by atoms with Crippen LogP contribution in [-0.2, 0) is 4.74 Å². The highest BCUT2D eigenvalue weighted by molar-refractivity contribution is 8.03. The maximum absolute atomic E-state index is 5.44. The summed E-state index contributed by atoms with van der Waals surface area (Å²) < 4.78 is 8.97. The quantitative estimate of drug-likeness (QED) is 0.460. The van der Waals surface area contributed by atoms with E-state index in [4.69, 9.17) is 4.74 Å². The van der Waals surface area contributed by atoms with E-state index in [2.05, 4.69) is 59.1 Å². The molecular formula is C26H30N2OS2. The first kappa shape index (κ1) is 21.2. The lowest BCUT2D eigenvalue weighted by Crippen LogP contribution is -2.24. The van der Waals surface area contributed by atoms with Crippen molar-refractivity contribution in [1.29, 1.82) is 0 Å².